The van der Waals surface area contributed by atoms with Gasteiger partial charge in [-0.05, 0) is 39.2 Å². The topological polar surface area (TPSA) is 72.7 Å². The van der Waals surface area contributed by atoms with Crippen molar-refractivity contribution in [2.45, 2.75) is 39.2 Å². The summed E-state index contributed by atoms with van der Waals surface area (Å²) in [6, 6.07) is 2.70. The summed E-state index contributed by atoms with van der Waals surface area (Å²) in [6.45, 7) is 4.90. The summed E-state index contributed by atoms with van der Waals surface area (Å²) in [5.74, 6) is -0.606. The molecule has 0 aliphatic carbocycles. The van der Waals surface area contributed by atoms with Crippen molar-refractivity contribution < 1.29 is 14.5 Å². The van der Waals surface area contributed by atoms with Crippen molar-refractivity contribution in [2.75, 3.05) is 18.0 Å². The Kier molecular flexibility index (Phi) is 5.24. The molecule has 0 N–H and O–H groups in total. The molecule has 0 aromatic heterocycles. The van der Waals surface area contributed by atoms with Gasteiger partial charge in [-0.15, -0.1) is 0 Å². The van der Waals surface area contributed by atoms with E-state index in [0.29, 0.717) is 5.69 Å². The standard InChI is InChI=1S/C15H19ClN2O4/c1-10(2)22-15(19)11-8-12(16)14(13(9-11)18(20)21)17-6-4-3-5-7-17/h8-10H,3-7H2,1-2H3. The number of nitrogens with zero attached hydrogens (tertiary/aromatic N) is 2. The lowest BCUT2D eigenvalue weighted by Crippen LogP contribution is -2.30. The van der Waals surface area contributed by atoms with Gasteiger partial charge in [0.2, 0.25) is 0 Å². The molecule has 1 saturated heterocycles. The predicted octanol–water partition coefficient (Wildman–Crippen LogP) is 3.80. The van der Waals surface area contributed by atoms with Gasteiger partial charge >= 0.3 is 5.97 Å². The van der Waals surface area contributed by atoms with E-state index in [1.807, 2.05) is 4.90 Å². The highest BCUT2D eigenvalue weighted by Gasteiger charge is 2.27. The van der Waals surface area contributed by atoms with Crippen LogP contribution in [-0.2, 0) is 4.74 Å². The molecule has 0 radical (unpaired) electrons. The Hall–Kier alpha value is -1.82. The number of carbonyl (C=O) groups is 1. The van der Waals surface area contributed by atoms with Crippen molar-refractivity contribution in [1.82, 2.24) is 0 Å². The summed E-state index contributed by atoms with van der Waals surface area (Å²) in [5, 5.41) is 11.6. The van der Waals surface area contributed by atoms with Crippen LogP contribution >= 0.6 is 11.6 Å². The Bertz CT molecular complexity index is 583. The lowest BCUT2D eigenvalue weighted by Gasteiger charge is -2.29. The van der Waals surface area contributed by atoms with E-state index in [4.69, 9.17) is 16.3 Å². The molecule has 1 aliphatic heterocycles. The molecule has 2 rings (SSSR count). The Morgan fingerprint density at radius 1 is 1.32 bits per heavy atom. The predicted molar refractivity (Wildman–Crippen MR) is 84.7 cm³/mol. The third kappa shape index (κ3) is 3.68. The highest BCUT2D eigenvalue weighted by molar-refractivity contribution is 6.34. The number of ether oxygens (including phenoxy) is 1. The zero-order chi connectivity index (χ0) is 16.3. The minimum atomic E-state index is -0.606. The number of piperidine rings is 1. The summed E-state index contributed by atoms with van der Waals surface area (Å²) < 4.78 is 5.08. The first-order valence-corrected chi connectivity index (χ1v) is 7.72. The Balaban J connectivity index is 2.42. The van der Waals surface area contributed by atoms with Gasteiger partial charge in [-0.2, -0.15) is 0 Å². The van der Waals surface area contributed by atoms with E-state index in [9.17, 15) is 14.9 Å². The van der Waals surface area contributed by atoms with Crippen LogP contribution in [0, 0.1) is 10.1 Å². The SMILES string of the molecule is CC(C)OC(=O)c1cc(Cl)c(N2CCCCC2)c([N+](=O)[O-])c1. The molecular formula is C15H19ClN2O4. The van der Waals surface area contributed by atoms with Gasteiger partial charge in [-0.25, -0.2) is 4.79 Å². The number of anilines is 1. The molecule has 7 heteroatoms. The Morgan fingerprint density at radius 3 is 2.50 bits per heavy atom. The number of carbonyl (C=O) groups excluding carboxylic acids is 1. The lowest BCUT2D eigenvalue weighted by molar-refractivity contribution is -0.384. The maximum Gasteiger partial charge on any atom is 0.338 e. The van der Waals surface area contributed by atoms with Crippen molar-refractivity contribution in [3.8, 4) is 0 Å². The number of rotatable bonds is 4. The second kappa shape index (κ2) is 6.96. The number of esters is 1. The first-order chi connectivity index (χ1) is 10.4. The zero-order valence-electron chi connectivity index (χ0n) is 12.7. The van der Waals surface area contributed by atoms with E-state index in [2.05, 4.69) is 0 Å². The van der Waals surface area contributed by atoms with Crippen molar-refractivity contribution in [3.63, 3.8) is 0 Å². The smallest absolute Gasteiger partial charge is 0.338 e. The molecule has 120 valence electrons. The Morgan fingerprint density at radius 2 is 1.95 bits per heavy atom. The highest BCUT2D eigenvalue weighted by atomic mass is 35.5. The molecule has 0 bridgehead atoms. The summed E-state index contributed by atoms with van der Waals surface area (Å²) in [7, 11) is 0. The van der Waals surface area contributed by atoms with Gasteiger partial charge in [0.1, 0.15) is 5.69 Å². The van der Waals surface area contributed by atoms with E-state index >= 15 is 0 Å². The van der Waals surface area contributed by atoms with Crippen LogP contribution in [0.4, 0.5) is 11.4 Å². The minimum Gasteiger partial charge on any atom is -0.459 e. The highest BCUT2D eigenvalue weighted by Crippen LogP contribution is 2.38. The maximum absolute atomic E-state index is 12.0. The molecule has 1 aromatic carbocycles. The van der Waals surface area contributed by atoms with Crippen LogP contribution in [0.25, 0.3) is 0 Å². The van der Waals surface area contributed by atoms with E-state index in [0.717, 1.165) is 32.4 Å². The molecule has 1 heterocycles. The monoisotopic (exact) mass is 326 g/mol. The fraction of sp³-hybridized carbons (Fsp3) is 0.533. The molecule has 1 aliphatic rings. The molecule has 0 atom stereocenters. The molecule has 22 heavy (non-hydrogen) atoms. The largest absolute Gasteiger partial charge is 0.459 e. The average molecular weight is 327 g/mol. The number of halogens is 1. The van der Waals surface area contributed by atoms with E-state index in [1.54, 1.807) is 13.8 Å². The zero-order valence-corrected chi connectivity index (χ0v) is 13.4. The molecular weight excluding hydrogens is 308 g/mol. The van der Waals surface area contributed by atoms with Crippen molar-refractivity contribution in [3.05, 3.63) is 32.8 Å². The van der Waals surface area contributed by atoms with Gasteiger partial charge in [-0.1, -0.05) is 11.6 Å². The van der Waals surface area contributed by atoms with Gasteiger partial charge in [0.05, 0.1) is 21.6 Å². The van der Waals surface area contributed by atoms with E-state index < -0.39 is 10.9 Å². The van der Waals surface area contributed by atoms with Gasteiger partial charge in [0, 0.05) is 19.2 Å². The minimum absolute atomic E-state index is 0.103. The average Bonchev–Trinajstić information content (AvgIpc) is 2.46. The molecule has 1 fully saturated rings. The van der Waals surface area contributed by atoms with Crippen LogP contribution in [-0.4, -0.2) is 30.1 Å². The van der Waals surface area contributed by atoms with Gasteiger partial charge < -0.3 is 9.64 Å². The summed E-state index contributed by atoms with van der Waals surface area (Å²) in [6.07, 6.45) is 2.77. The van der Waals surface area contributed by atoms with Crippen LogP contribution in [0.15, 0.2) is 12.1 Å². The van der Waals surface area contributed by atoms with Crippen molar-refractivity contribution in [1.29, 1.82) is 0 Å². The first-order valence-electron chi connectivity index (χ1n) is 7.34. The molecule has 6 nitrogen and oxygen atoms in total. The van der Waals surface area contributed by atoms with Crippen LogP contribution in [0.1, 0.15) is 43.5 Å². The van der Waals surface area contributed by atoms with Crippen molar-refractivity contribution in [2.24, 2.45) is 0 Å². The van der Waals surface area contributed by atoms with Gasteiger partial charge in [0.15, 0.2) is 0 Å². The van der Waals surface area contributed by atoms with Crippen molar-refractivity contribution >= 4 is 28.9 Å². The molecule has 0 unspecified atom stereocenters. The quantitative estimate of drug-likeness (QED) is 0.478. The number of hydrogen-bond acceptors (Lipinski definition) is 5. The third-order valence-electron chi connectivity index (χ3n) is 3.49. The summed E-state index contributed by atoms with van der Waals surface area (Å²) >= 11 is 6.24. The fourth-order valence-corrected chi connectivity index (χ4v) is 2.89. The summed E-state index contributed by atoms with van der Waals surface area (Å²) in [5.41, 5.74) is 0.351. The maximum atomic E-state index is 12.0. The normalized spacial score (nSPS) is 15.0. The number of nitro groups is 1. The molecule has 0 amide bonds. The second-order valence-electron chi connectivity index (χ2n) is 5.58. The Labute approximate surface area is 134 Å². The number of nitro benzene ring substituents is 1. The van der Waals surface area contributed by atoms with E-state index in [1.165, 1.54) is 12.1 Å². The second-order valence-corrected chi connectivity index (χ2v) is 5.99. The fourth-order valence-electron chi connectivity index (χ4n) is 2.55. The first kappa shape index (κ1) is 16.5. The summed E-state index contributed by atoms with van der Waals surface area (Å²) in [4.78, 5) is 24.8. The van der Waals surface area contributed by atoms with Crippen LogP contribution in [0.3, 0.4) is 0 Å². The van der Waals surface area contributed by atoms with Crippen LogP contribution < -0.4 is 4.90 Å². The van der Waals surface area contributed by atoms with E-state index in [-0.39, 0.29) is 22.4 Å². The van der Waals surface area contributed by atoms with Gasteiger partial charge in [-0.3, -0.25) is 10.1 Å². The van der Waals surface area contributed by atoms with Crippen LogP contribution in [0.5, 0.6) is 0 Å². The molecule has 0 saturated carbocycles. The van der Waals surface area contributed by atoms with Gasteiger partial charge in [0.25, 0.3) is 5.69 Å². The number of hydrogen-bond donors (Lipinski definition) is 0. The molecule has 0 spiro atoms. The van der Waals surface area contributed by atoms with Crippen LogP contribution in [0.2, 0.25) is 5.02 Å². The molecule has 1 aromatic rings. The lowest BCUT2D eigenvalue weighted by atomic mass is 10.1. The third-order valence-corrected chi connectivity index (χ3v) is 3.78. The number of benzene rings is 1.